The van der Waals surface area contributed by atoms with Gasteiger partial charge in [0, 0.05) is 12.0 Å². The first kappa shape index (κ1) is 20.3. The van der Waals surface area contributed by atoms with Crippen molar-refractivity contribution in [3.05, 3.63) is 47.0 Å². The molecule has 0 aliphatic carbocycles. The summed E-state index contributed by atoms with van der Waals surface area (Å²) in [5.74, 6) is 3.06. The largest absolute Gasteiger partial charge is 0.496 e. The summed E-state index contributed by atoms with van der Waals surface area (Å²) in [5, 5.41) is 10.8. The van der Waals surface area contributed by atoms with Crippen molar-refractivity contribution in [2.75, 3.05) is 21.0 Å². The Morgan fingerprint density at radius 1 is 1.11 bits per heavy atom. The zero-order valence-corrected chi connectivity index (χ0v) is 17.2. The molecule has 0 bridgehead atoms. The molecule has 152 valence electrons. The lowest BCUT2D eigenvalue weighted by atomic mass is 9.87. The molecule has 0 radical (unpaired) electrons. The van der Waals surface area contributed by atoms with Crippen LogP contribution in [-0.2, 0) is 12.8 Å². The Morgan fingerprint density at radius 3 is 2.61 bits per heavy atom. The van der Waals surface area contributed by atoms with Crippen LogP contribution in [0.25, 0.3) is 0 Å². The number of fused-ring (bicyclic) bond motifs is 1. The molecule has 0 amide bonds. The highest BCUT2D eigenvalue weighted by Gasteiger charge is 2.28. The van der Waals surface area contributed by atoms with Crippen molar-refractivity contribution in [1.29, 1.82) is 0 Å². The average molecular weight is 386 g/mol. The van der Waals surface area contributed by atoms with Crippen LogP contribution in [0, 0.1) is 0 Å². The zero-order valence-electron chi connectivity index (χ0n) is 17.2. The highest BCUT2D eigenvalue weighted by Crippen LogP contribution is 2.48. The molecular weight excluding hydrogens is 356 g/mol. The SMILES string of the molecule is CCCc1cc2c(c(OC)c1C(C)CC(O)Cc1ccccc1OC)OCO2. The van der Waals surface area contributed by atoms with E-state index in [1.54, 1.807) is 14.2 Å². The fourth-order valence-corrected chi connectivity index (χ4v) is 4.03. The minimum absolute atomic E-state index is 0.107. The van der Waals surface area contributed by atoms with Gasteiger partial charge in [-0.3, -0.25) is 0 Å². The minimum atomic E-state index is -0.490. The number of methoxy groups -OCH3 is 2. The summed E-state index contributed by atoms with van der Waals surface area (Å²) in [4.78, 5) is 0. The molecule has 28 heavy (non-hydrogen) atoms. The van der Waals surface area contributed by atoms with Crippen molar-refractivity contribution < 1.29 is 24.1 Å². The molecule has 1 aliphatic rings. The Labute approximate surface area is 167 Å². The van der Waals surface area contributed by atoms with Crippen LogP contribution in [0.15, 0.2) is 30.3 Å². The van der Waals surface area contributed by atoms with Crippen LogP contribution in [0.3, 0.4) is 0 Å². The monoisotopic (exact) mass is 386 g/mol. The maximum atomic E-state index is 10.8. The zero-order chi connectivity index (χ0) is 20.1. The molecule has 5 heteroatoms. The fourth-order valence-electron chi connectivity index (χ4n) is 4.03. The molecule has 2 atom stereocenters. The first-order valence-electron chi connectivity index (χ1n) is 9.88. The van der Waals surface area contributed by atoms with Gasteiger partial charge in [0.15, 0.2) is 11.5 Å². The molecule has 5 nitrogen and oxygen atoms in total. The predicted octanol–water partition coefficient (Wildman–Crippen LogP) is 4.48. The molecule has 0 saturated heterocycles. The number of aliphatic hydroxyl groups excluding tert-OH is 1. The molecule has 1 heterocycles. The van der Waals surface area contributed by atoms with E-state index in [2.05, 4.69) is 19.9 Å². The molecule has 0 fully saturated rings. The summed E-state index contributed by atoms with van der Waals surface area (Å²) in [5.41, 5.74) is 3.31. The smallest absolute Gasteiger partial charge is 0.231 e. The second-order valence-electron chi connectivity index (χ2n) is 7.27. The van der Waals surface area contributed by atoms with Gasteiger partial charge in [-0.15, -0.1) is 0 Å². The maximum absolute atomic E-state index is 10.8. The van der Waals surface area contributed by atoms with Crippen LogP contribution < -0.4 is 18.9 Å². The van der Waals surface area contributed by atoms with E-state index in [4.69, 9.17) is 18.9 Å². The Morgan fingerprint density at radius 2 is 1.89 bits per heavy atom. The lowest BCUT2D eigenvalue weighted by Gasteiger charge is -2.23. The molecule has 2 aromatic carbocycles. The summed E-state index contributed by atoms with van der Waals surface area (Å²) in [7, 11) is 3.32. The van der Waals surface area contributed by atoms with Gasteiger partial charge in [-0.1, -0.05) is 38.5 Å². The van der Waals surface area contributed by atoms with E-state index in [9.17, 15) is 5.11 Å². The van der Waals surface area contributed by atoms with Crippen molar-refractivity contribution >= 4 is 0 Å². The number of aryl methyl sites for hydroxylation is 1. The minimum Gasteiger partial charge on any atom is -0.496 e. The van der Waals surface area contributed by atoms with Crippen LogP contribution >= 0.6 is 0 Å². The molecule has 1 aliphatic heterocycles. The number of hydrogen-bond donors (Lipinski definition) is 1. The Balaban J connectivity index is 1.84. The van der Waals surface area contributed by atoms with Gasteiger partial charge < -0.3 is 24.1 Å². The van der Waals surface area contributed by atoms with E-state index in [1.807, 2.05) is 24.3 Å². The molecule has 3 rings (SSSR count). The highest BCUT2D eigenvalue weighted by molar-refractivity contribution is 5.61. The third-order valence-electron chi connectivity index (χ3n) is 5.23. The van der Waals surface area contributed by atoms with Crippen molar-refractivity contribution in [2.24, 2.45) is 0 Å². The van der Waals surface area contributed by atoms with Crippen LogP contribution in [0.2, 0.25) is 0 Å². The Bertz CT molecular complexity index is 802. The normalized spacial score (nSPS) is 14.6. The fraction of sp³-hybridized carbons (Fsp3) is 0.478. The molecule has 0 saturated carbocycles. The third-order valence-corrected chi connectivity index (χ3v) is 5.23. The quantitative estimate of drug-likeness (QED) is 0.688. The summed E-state index contributed by atoms with van der Waals surface area (Å²) in [6, 6.07) is 9.88. The van der Waals surface area contributed by atoms with Crippen LogP contribution in [0.1, 0.15) is 49.3 Å². The van der Waals surface area contributed by atoms with E-state index in [-0.39, 0.29) is 12.7 Å². The average Bonchev–Trinajstić information content (AvgIpc) is 3.15. The number of aliphatic hydroxyl groups is 1. The molecular formula is C23H30O5. The van der Waals surface area contributed by atoms with Gasteiger partial charge in [0.1, 0.15) is 5.75 Å². The number of rotatable bonds is 9. The van der Waals surface area contributed by atoms with Gasteiger partial charge in [0.2, 0.25) is 12.5 Å². The number of hydrogen-bond acceptors (Lipinski definition) is 5. The summed E-state index contributed by atoms with van der Waals surface area (Å²) in [6.07, 6.45) is 2.62. The predicted molar refractivity (Wildman–Crippen MR) is 109 cm³/mol. The molecule has 2 unspecified atom stereocenters. The number of para-hydroxylation sites is 1. The lowest BCUT2D eigenvalue weighted by molar-refractivity contribution is 0.155. The van der Waals surface area contributed by atoms with E-state index >= 15 is 0 Å². The van der Waals surface area contributed by atoms with Gasteiger partial charge >= 0.3 is 0 Å². The topological polar surface area (TPSA) is 57.2 Å². The maximum Gasteiger partial charge on any atom is 0.231 e. The van der Waals surface area contributed by atoms with Gasteiger partial charge in [-0.2, -0.15) is 0 Å². The Kier molecular flexibility index (Phi) is 6.68. The second-order valence-corrected chi connectivity index (χ2v) is 7.27. The van der Waals surface area contributed by atoms with Crippen molar-refractivity contribution in [3.8, 4) is 23.0 Å². The van der Waals surface area contributed by atoms with Gasteiger partial charge in [-0.05, 0) is 42.0 Å². The van der Waals surface area contributed by atoms with Crippen LogP contribution in [0.4, 0.5) is 0 Å². The molecule has 2 aromatic rings. The third kappa shape index (κ3) is 4.20. The first-order chi connectivity index (χ1) is 13.6. The van der Waals surface area contributed by atoms with E-state index < -0.39 is 6.10 Å². The summed E-state index contributed by atoms with van der Waals surface area (Å²) < 4.78 is 22.4. The van der Waals surface area contributed by atoms with E-state index in [0.717, 1.165) is 41.2 Å². The highest BCUT2D eigenvalue weighted by atomic mass is 16.7. The first-order valence-corrected chi connectivity index (χ1v) is 9.88. The second kappa shape index (κ2) is 9.20. The van der Waals surface area contributed by atoms with Gasteiger partial charge in [0.05, 0.1) is 20.3 Å². The Hall–Kier alpha value is -2.40. The van der Waals surface area contributed by atoms with Gasteiger partial charge in [-0.25, -0.2) is 0 Å². The van der Waals surface area contributed by atoms with E-state index in [1.165, 1.54) is 5.56 Å². The van der Waals surface area contributed by atoms with Crippen LogP contribution in [-0.4, -0.2) is 32.2 Å². The summed E-state index contributed by atoms with van der Waals surface area (Å²) in [6.45, 7) is 4.50. The van der Waals surface area contributed by atoms with E-state index in [0.29, 0.717) is 18.6 Å². The lowest BCUT2D eigenvalue weighted by Crippen LogP contribution is -2.16. The number of benzene rings is 2. The summed E-state index contributed by atoms with van der Waals surface area (Å²) >= 11 is 0. The molecule has 0 aromatic heterocycles. The van der Waals surface area contributed by atoms with Gasteiger partial charge in [0.25, 0.3) is 0 Å². The molecule has 1 N–H and O–H groups in total. The number of ether oxygens (including phenoxy) is 4. The van der Waals surface area contributed by atoms with Crippen molar-refractivity contribution in [3.63, 3.8) is 0 Å². The molecule has 0 spiro atoms. The standard InChI is InChI=1S/C23H30O5/c1-5-8-17-13-20-22(28-14-27-20)23(26-4)21(17)15(2)11-18(24)12-16-9-6-7-10-19(16)25-3/h6-7,9-10,13,15,18,24H,5,8,11-12,14H2,1-4H3. The van der Waals surface area contributed by atoms with Crippen molar-refractivity contribution in [2.45, 2.75) is 51.6 Å². The van der Waals surface area contributed by atoms with Crippen LogP contribution in [0.5, 0.6) is 23.0 Å². The van der Waals surface area contributed by atoms with Crippen molar-refractivity contribution in [1.82, 2.24) is 0 Å².